The monoisotopic (exact) mass is 517 g/mol. The van der Waals surface area contributed by atoms with Gasteiger partial charge in [0.1, 0.15) is 0 Å². The summed E-state index contributed by atoms with van der Waals surface area (Å²) in [6.45, 7) is 9.54. The van der Waals surface area contributed by atoms with Crippen molar-refractivity contribution in [2.75, 3.05) is 0 Å². The SMILES string of the molecule is CC1=C(C)C(C)[C]([Ti]2([NH]C34CC5CC(CC(F)(C5)C3)C4)[CH](c3ccccc3)[CH]2c2ccccc2)=C1C. The Kier molecular flexibility index (Phi) is 5.26. The van der Waals surface area contributed by atoms with Crippen LogP contribution >= 0.6 is 0 Å². The van der Waals surface area contributed by atoms with E-state index in [1.165, 1.54) is 36.0 Å². The van der Waals surface area contributed by atoms with Gasteiger partial charge < -0.3 is 0 Å². The molecule has 0 amide bonds. The van der Waals surface area contributed by atoms with Gasteiger partial charge in [-0.25, -0.2) is 0 Å². The number of benzene rings is 2. The van der Waals surface area contributed by atoms with E-state index in [0.29, 0.717) is 26.2 Å². The van der Waals surface area contributed by atoms with Crippen molar-refractivity contribution in [1.82, 2.24) is 3.80 Å². The van der Waals surface area contributed by atoms with E-state index in [9.17, 15) is 0 Å². The molecule has 0 spiro atoms. The normalized spacial score (nSPS) is 43.0. The van der Waals surface area contributed by atoms with Crippen LogP contribution in [0, 0.1) is 17.8 Å². The zero-order valence-electron chi connectivity index (χ0n) is 22.3. The number of halogens is 1. The van der Waals surface area contributed by atoms with Gasteiger partial charge in [0.25, 0.3) is 0 Å². The first-order chi connectivity index (χ1) is 17.3. The maximum atomic E-state index is 16.2. The molecule has 1 aliphatic heterocycles. The molecule has 6 aliphatic rings. The molecule has 5 unspecified atom stereocenters. The molecule has 5 fully saturated rings. The van der Waals surface area contributed by atoms with Crippen LogP contribution in [0.1, 0.15) is 85.8 Å². The molecule has 0 aromatic heterocycles. The minimum atomic E-state index is -3.00. The van der Waals surface area contributed by atoms with Crippen LogP contribution in [0.15, 0.2) is 81.3 Å². The van der Waals surface area contributed by atoms with Crippen LogP contribution in [0.25, 0.3) is 0 Å². The topological polar surface area (TPSA) is 12.0 Å². The van der Waals surface area contributed by atoms with Gasteiger partial charge in [-0.2, -0.15) is 0 Å². The number of alkyl halides is 1. The number of hydrogen-bond acceptors (Lipinski definition) is 1. The fourth-order valence-corrected chi connectivity index (χ4v) is 21.4. The van der Waals surface area contributed by atoms with Gasteiger partial charge in [0.05, 0.1) is 0 Å². The molecule has 5 atom stereocenters. The second kappa shape index (κ2) is 8.01. The standard InChI is InChI=1S/C14H12.C10H15FN.C9H13.Ti/c1-3-7-13(8-4-1)11-12-14-9-5-2-6-10-14;11-9-2-7-1-8(3-9)5-10(12,4-7)6-9;1-6-5-7(2)9(4)8(6)3;/h1-12H;7-8,12H,1-6H2;6H,1-4H3;/q;-1;;+1. The molecule has 8 rings (SSSR count). The average molecular weight is 518 g/mol. The molecule has 36 heavy (non-hydrogen) atoms. The summed E-state index contributed by atoms with van der Waals surface area (Å²) in [5, 5.41) is 0. The Hall–Kier alpha value is -1.48. The van der Waals surface area contributed by atoms with Gasteiger partial charge in [-0.05, 0) is 0 Å². The van der Waals surface area contributed by atoms with E-state index in [-0.39, 0.29) is 5.54 Å². The minimum absolute atomic E-state index is 0.00715. The van der Waals surface area contributed by atoms with Crippen molar-refractivity contribution in [3.8, 4) is 0 Å². The van der Waals surface area contributed by atoms with E-state index in [1.807, 2.05) is 0 Å². The zero-order valence-corrected chi connectivity index (χ0v) is 23.8. The summed E-state index contributed by atoms with van der Waals surface area (Å²) in [5.74, 6) is 1.64. The Labute approximate surface area is 220 Å². The van der Waals surface area contributed by atoms with Gasteiger partial charge in [-0.3, -0.25) is 0 Å². The second-order valence-electron chi connectivity index (χ2n) is 13.2. The van der Waals surface area contributed by atoms with Crippen molar-refractivity contribution in [3.63, 3.8) is 0 Å². The van der Waals surface area contributed by atoms with Crippen LogP contribution in [0.5, 0.6) is 0 Å². The number of hydrogen-bond donors (Lipinski definition) is 1. The zero-order chi connectivity index (χ0) is 24.9. The van der Waals surface area contributed by atoms with Gasteiger partial charge >= 0.3 is 221 Å². The fraction of sp³-hybridized carbons (Fsp3) is 0.515. The predicted molar refractivity (Wildman–Crippen MR) is 143 cm³/mol. The van der Waals surface area contributed by atoms with Crippen molar-refractivity contribution in [2.24, 2.45) is 17.8 Å². The van der Waals surface area contributed by atoms with E-state index in [2.05, 4.69) is 92.2 Å². The van der Waals surface area contributed by atoms with Crippen molar-refractivity contribution in [2.45, 2.75) is 85.9 Å². The van der Waals surface area contributed by atoms with Crippen LogP contribution in [0.3, 0.4) is 0 Å². The molecule has 1 nitrogen and oxygen atoms in total. The summed E-state index contributed by atoms with van der Waals surface area (Å²) in [4.78, 5) is 0. The molecule has 3 heteroatoms. The number of rotatable bonds is 5. The van der Waals surface area contributed by atoms with Crippen LogP contribution < -0.4 is 3.80 Å². The third-order valence-corrected chi connectivity index (χ3v) is 19.7. The van der Waals surface area contributed by atoms with E-state index >= 15 is 4.39 Å². The van der Waals surface area contributed by atoms with Crippen molar-refractivity contribution >= 4 is 0 Å². The Balaban J connectivity index is 1.41. The van der Waals surface area contributed by atoms with Crippen molar-refractivity contribution in [3.05, 3.63) is 92.4 Å². The molecule has 2 aromatic rings. The van der Waals surface area contributed by atoms with Gasteiger partial charge in [0.15, 0.2) is 0 Å². The summed E-state index contributed by atoms with van der Waals surface area (Å²) in [6, 6.07) is 22.7. The van der Waals surface area contributed by atoms with Gasteiger partial charge in [0.2, 0.25) is 0 Å². The third-order valence-electron chi connectivity index (χ3n) is 11.1. The van der Waals surface area contributed by atoms with Crippen LogP contribution in [0.2, 0.25) is 0 Å². The molecular weight excluding hydrogens is 477 g/mol. The molecule has 1 saturated heterocycles. The first-order valence-corrected chi connectivity index (χ1v) is 17.6. The summed E-state index contributed by atoms with van der Waals surface area (Å²) >= 11 is -3.00. The van der Waals surface area contributed by atoms with E-state index in [0.717, 1.165) is 19.3 Å². The van der Waals surface area contributed by atoms with E-state index < -0.39 is 22.5 Å². The summed E-state index contributed by atoms with van der Waals surface area (Å²) in [5.41, 5.74) is 6.64. The van der Waals surface area contributed by atoms with Crippen molar-refractivity contribution < 1.29 is 21.2 Å². The van der Waals surface area contributed by atoms with Crippen LogP contribution in [0.4, 0.5) is 4.39 Å². The van der Waals surface area contributed by atoms with E-state index in [1.54, 1.807) is 15.0 Å². The molecular formula is C33H40FNTi. The predicted octanol–water partition coefficient (Wildman–Crippen LogP) is 8.46. The Morgan fingerprint density at radius 2 is 1.31 bits per heavy atom. The van der Waals surface area contributed by atoms with Crippen LogP contribution in [-0.2, 0) is 16.8 Å². The molecule has 1 N–H and O–H groups in total. The molecule has 1 heterocycles. The molecule has 4 saturated carbocycles. The number of allylic oxidation sites excluding steroid dienone is 4. The summed E-state index contributed by atoms with van der Waals surface area (Å²) in [7, 11) is 0. The second-order valence-corrected chi connectivity index (χ2v) is 19.1. The summed E-state index contributed by atoms with van der Waals surface area (Å²) in [6.07, 6.45) is 6.02. The fourth-order valence-electron chi connectivity index (χ4n) is 9.95. The van der Waals surface area contributed by atoms with Gasteiger partial charge in [0, 0.05) is 0 Å². The van der Waals surface area contributed by atoms with Crippen LogP contribution in [-0.4, -0.2) is 11.2 Å². The first-order valence-electron chi connectivity index (χ1n) is 14.2. The summed E-state index contributed by atoms with van der Waals surface area (Å²) < 4.78 is 23.7. The Bertz CT molecular complexity index is 1200. The third kappa shape index (κ3) is 3.33. The molecule has 2 aromatic carbocycles. The molecule has 4 bridgehead atoms. The van der Waals surface area contributed by atoms with Crippen molar-refractivity contribution in [1.29, 1.82) is 0 Å². The first kappa shape index (κ1) is 23.6. The number of nitrogens with one attached hydrogen (secondary N) is 1. The van der Waals surface area contributed by atoms with Gasteiger partial charge in [-0.1, -0.05) is 0 Å². The average Bonchev–Trinajstić information content (AvgIpc) is 3.44. The maximum absolute atomic E-state index is 16.2. The Morgan fingerprint density at radius 3 is 1.75 bits per heavy atom. The Morgan fingerprint density at radius 1 is 0.778 bits per heavy atom. The molecule has 0 radical (unpaired) electrons. The quantitative estimate of drug-likeness (QED) is 0.392. The van der Waals surface area contributed by atoms with E-state index in [4.69, 9.17) is 0 Å². The molecule has 5 aliphatic carbocycles. The molecule has 188 valence electrons. The van der Waals surface area contributed by atoms with Gasteiger partial charge in [-0.15, -0.1) is 0 Å².